The van der Waals surface area contributed by atoms with Crippen LogP contribution < -0.4 is 10.4 Å². The molecule has 0 atom stereocenters. The van der Waals surface area contributed by atoms with E-state index in [-0.39, 0.29) is 6.42 Å². The van der Waals surface area contributed by atoms with Crippen LogP contribution in [0.3, 0.4) is 0 Å². The van der Waals surface area contributed by atoms with Gasteiger partial charge in [-0.25, -0.2) is 0 Å². The van der Waals surface area contributed by atoms with Gasteiger partial charge in [0.1, 0.15) is 0 Å². The van der Waals surface area contributed by atoms with Gasteiger partial charge in [-0.05, 0) is 39.6 Å². The first-order chi connectivity index (χ1) is 9.22. The van der Waals surface area contributed by atoms with Crippen LogP contribution in [0.15, 0.2) is 42.5 Å². The van der Waals surface area contributed by atoms with Crippen LogP contribution in [0.25, 0.3) is 12.2 Å². The molecule has 0 radical (unpaired) electrons. The van der Waals surface area contributed by atoms with Crippen molar-refractivity contribution < 1.29 is 9.90 Å². The van der Waals surface area contributed by atoms with E-state index in [0.717, 1.165) is 12.0 Å². The zero-order chi connectivity index (χ0) is 13.2. The second-order valence-corrected chi connectivity index (χ2v) is 4.79. The van der Waals surface area contributed by atoms with Crippen LogP contribution in [0.1, 0.15) is 16.7 Å². The molecule has 0 aromatic heterocycles. The molecule has 1 N–H and O–H groups in total. The second kappa shape index (κ2) is 4.73. The summed E-state index contributed by atoms with van der Waals surface area (Å²) in [5, 5.41) is 11.3. The quantitative estimate of drug-likeness (QED) is 0.876. The predicted octanol–water partition coefficient (Wildman–Crippen LogP) is 1.48. The first-order valence-corrected chi connectivity index (χ1v) is 6.33. The zero-order valence-corrected chi connectivity index (χ0v) is 10.5. The summed E-state index contributed by atoms with van der Waals surface area (Å²) in [7, 11) is 0. The number of carboxylic acids is 1. The van der Waals surface area contributed by atoms with Crippen LogP contribution in [-0.2, 0) is 17.6 Å². The summed E-state index contributed by atoms with van der Waals surface area (Å²) in [5.41, 5.74) is 3.23. The molecule has 0 amide bonds. The largest absolute Gasteiger partial charge is 0.481 e. The molecule has 0 saturated heterocycles. The molecule has 2 nitrogen and oxygen atoms in total. The van der Waals surface area contributed by atoms with Crippen LogP contribution in [0.4, 0.5) is 0 Å². The van der Waals surface area contributed by atoms with Gasteiger partial charge in [-0.2, -0.15) is 0 Å². The van der Waals surface area contributed by atoms with Crippen molar-refractivity contribution in [3.8, 4) is 0 Å². The first kappa shape index (κ1) is 11.7. The van der Waals surface area contributed by atoms with Crippen LogP contribution in [-0.4, -0.2) is 11.1 Å². The van der Waals surface area contributed by atoms with Gasteiger partial charge in [-0.1, -0.05) is 48.5 Å². The Bertz CT molecular complexity index is 757. The van der Waals surface area contributed by atoms with Gasteiger partial charge in [0.25, 0.3) is 0 Å². The van der Waals surface area contributed by atoms with Crippen molar-refractivity contribution in [1.82, 2.24) is 0 Å². The van der Waals surface area contributed by atoms with Crippen LogP contribution in [0, 0.1) is 0 Å². The summed E-state index contributed by atoms with van der Waals surface area (Å²) >= 11 is 0. The van der Waals surface area contributed by atoms with Gasteiger partial charge in [0.15, 0.2) is 0 Å². The maximum Gasteiger partial charge on any atom is 0.307 e. The lowest BCUT2D eigenvalue weighted by Crippen LogP contribution is -2.22. The maximum atomic E-state index is 10.8. The molecule has 0 spiro atoms. The smallest absolute Gasteiger partial charge is 0.307 e. The van der Waals surface area contributed by atoms with E-state index in [0.29, 0.717) is 0 Å². The molecule has 2 heteroatoms. The van der Waals surface area contributed by atoms with E-state index < -0.39 is 5.97 Å². The number of carboxylic acid groups (broad SMARTS) is 1. The van der Waals surface area contributed by atoms with Crippen molar-refractivity contribution in [2.24, 2.45) is 0 Å². The first-order valence-electron chi connectivity index (χ1n) is 6.33. The normalized spacial score (nSPS) is 12.4. The Labute approximate surface area is 111 Å². The molecule has 0 saturated carbocycles. The molecule has 2 aromatic carbocycles. The lowest BCUT2D eigenvalue weighted by molar-refractivity contribution is -0.136. The van der Waals surface area contributed by atoms with Crippen LogP contribution in [0.2, 0.25) is 0 Å². The van der Waals surface area contributed by atoms with Crippen molar-refractivity contribution in [3.05, 3.63) is 69.6 Å². The molecule has 0 heterocycles. The van der Waals surface area contributed by atoms with Gasteiger partial charge in [0.2, 0.25) is 0 Å². The molecular formula is C17H14O2. The number of aliphatic carboxylic acids is 1. The second-order valence-electron chi connectivity index (χ2n) is 4.79. The van der Waals surface area contributed by atoms with Gasteiger partial charge >= 0.3 is 5.97 Å². The SMILES string of the molecule is O=C(O)Cc1ccc2c(c1)CC=c1ccccc1=C2. The number of benzene rings is 2. The Morgan fingerprint density at radius 1 is 1.11 bits per heavy atom. The fraction of sp³-hybridized carbons (Fsp3) is 0.118. The minimum Gasteiger partial charge on any atom is -0.481 e. The van der Waals surface area contributed by atoms with E-state index in [9.17, 15) is 4.79 Å². The predicted molar refractivity (Wildman–Crippen MR) is 75.2 cm³/mol. The van der Waals surface area contributed by atoms with Gasteiger partial charge < -0.3 is 5.11 Å². The molecule has 2 aromatic rings. The van der Waals surface area contributed by atoms with Gasteiger partial charge in [-0.3, -0.25) is 4.79 Å². The summed E-state index contributed by atoms with van der Waals surface area (Å²) in [5.74, 6) is -0.787. The number of fused-ring (bicyclic) bond motifs is 2. The summed E-state index contributed by atoms with van der Waals surface area (Å²) in [6.07, 6.45) is 5.29. The van der Waals surface area contributed by atoms with Crippen LogP contribution in [0.5, 0.6) is 0 Å². The number of hydrogen-bond donors (Lipinski definition) is 1. The van der Waals surface area contributed by atoms with Crippen LogP contribution >= 0.6 is 0 Å². The Balaban J connectivity index is 2.10. The minimum atomic E-state index is -0.787. The number of hydrogen-bond acceptors (Lipinski definition) is 1. The third-order valence-electron chi connectivity index (χ3n) is 3.41. The minimum absolute atomic E-state index is 0.0836. The highest BCUT2D eigenvalue weighted by Crippen LogP contribution is 2.16. The van der Waals surface area contributed by atoms with E-state index in [2.05, 4.69) is 24.3 Å². The molecule has 0 unspecified atom stereocenters. The van der Waals surface area contributed by atoms with Gasteiger partial charge in [0, 0.05) is 0 Å². The lowest BCUT2D eigenvalue weighted by Gasteiger charge is -2.05. The lowest BCUT2D eigenvalue weighted by atomic mass is 10.00. The standard InChI is InChI=1S/C17H14O2/c18-17(19)10-12-5-6-16-11-14-4-2-1-3-13(14)7-8-15(16)9-12/h1-7,9,11H,8,10H2,(H,18,19). The molecule has 19 heavy (non-hydrogen) atoms. The Hall–Kier alpha value is -2.35. The number of rotatable bonds is 2. The molecular weight excluding hydrogens is 236 g/mol. The molecule has 0 fully saturated rings. The highest BCUT2D eigenvalue weighted by atomic mass is 16.4. The van der Waals surface area contributed by atoms with Crippen molar-refractivity contribution >= 4 is 18.1 Å². The van der Waals surface area contributed by atoms with Crippen molar-refractivity contribution in [3.63, 3.8) is 0 Å². The summed E-state index contributed by atoms with van der Waals surface area (Å²) in [6, 6.07) is 14.2. The average Bonchev–Trinajstić information content (AvgIpc) is 2.57. The monoisotopic (exact) mass is 250 g/mol. The molecule has 94 valence electrons. The van der Waals surface area contributed by atoms with E-state index in [1.54, 1.807) is 0 Å². The van der Waals surface area contributed by atoms with E-state index >= 15 is 0 Å². The molecule has 1 aliphatic rings. The Morgan fingerprint density at radius 3 is 2.68 bits per heavy atom. The Kier molecular flexibility index (Phi) is 2.92. The number of carbonyl (C=O) groups is 1. The molecule has 1 aliphatic carbocycles. The van der Waals surface area contributed by atoms with Gasteiger partial charge in [0.05, 0.1) is 6.42 Å². The highest BCUT2D eigenvalue weighted by Gasteiger charge is 2.06. The van der Waals surface area contributed by atoms with Crippen molar-refractivity contribution in [2.45, 2.75) is 12.8 Å². The maximum absolute atomic E-state index is 10.8. The fourth-order valence-electron chi connectivity index (χ4n) is 2.48. The fourth-order valence-corrected chi connectivity index (χ4v) is 2.48. The molecule has 3 rings (SSSR count). The average molecular weight is 250 g/mol. The molecule has 0 bridgehead atoms. The van der Waals surface area contributed by atoms with E-state index in [4.69, 9.17) is 5.11 Å². The van der Waals surface area contributed by atoms with Crippen molar-refractivity contribution in [2.75, 3.05) is 0 Å². The zero-order valence-electron chi connectivity index (χ0n) is 10.5. The topological polar surface area (TPSA) is 37.3 Å². The molecule has 0 aliphatic heterocycles. The summed E-state index contributed by atoms with van der Waals surface area (Å²) in [6.45, 7) is 0. The van der Waals surface area contributed by atoms with Gasteiger partial charge in [-0.15, -0.1) is 0 Å². The third kappa shape index (κ3) is 2.43. The highest BCUT2D eigenvalue weighted by molar-refractivity contribution is 5.71. The Morgan fingerprint density at radius 2 is 1.89 bits per heavy atom. The summed E-state index contributed by atoms with van der Waals surface area (Å²) < 4.78 is 0. The van der Waals surface area contributed by atoms with Crippen molar-refractivity contribution in [1.29, 1.82) is 0 Å². The third-order valence-corrected chi connectivity index (χ3v) is 3.41. The van der Waals surface area contributed by atoms with E-state index in [1.165, 1.54) is 21.6 Å². The summed E-state index contributed by atoms with van der Waals surface area (Å²) in [4.78, 5) is 10.8. The van der Waals surface area contributed by atoms with E-state index in [1.807, 2.05) is 30.3 Å².